The number of rotatable bonds is 7. The summed E-state index contributed by atoms with van der Waals surface area (Å²) in [6.45, 7) is 8.76. The summed E-state index contributed by atoms with van der Waals surface area (Å²) in [4.78, 5) is 16.1. The maximum Gasteiger partial charge on any atom is 0.343 e. The van der Waals surface area contributed by atoms with Crippen molar-refractivity contribution in [3.05, 3.63) is 22.2 Å². The molecule has 0 radical (unpaired) electrons. The number of hydrogen-bond donors (Lipinski definition) is 1. The van der Waals surface area contributed by atoms with E-state index in [1.165, 1.54) is 11.8 Å². The van der Waals surface area contributed by atoms with Gasteiger partial charge in [-0.1, -0.05) is 44.1 Å². The minimum Gasteiger partial charge on any atom is -0.338 e. The first kappa shape index (κ1) is 15.8. The largest absolute Gasteiger partial charge is 0.343 e. The Labute approximate surface area is 127 Å². The molecule has 2 heterocycles. The van der Waals surface area contributed by atoms with Crippen LogP contribution in [-0.4, -0.2) is 24.9 Å². The van der Waals surface area contributed by atoms with Crippen molar-refractivity contribution in [1.29, 1.82) is 0 Å². The van der Waals surface area contributed by atoms with E-state index in [0.29, 0.717) is 23.4 Å². The molecule has 0 aromatic carbocycles. The van der Waals surface area contributed by atoms with E-state index in [1.807, 2.05) is 20.8 Å². The lowest BCUT2D eigenvalue weighted by molar-refractivity contribution is 0.372. The molecular formula is C13H21N5O2S. The molecule has 0 bridgehead atoms. The molecule has 0 aliphatic rings. The monoisotopic (exact) mass is 311 g/mol. The van der Waals surface area contributed by atoms with E-state index in [2.05, 4.69) is 27.3 Å². The second-order valence-corrected chi connectivity index (χ2v) is 6.53. The molecule has 0 aliphatic heterocycles. The van der Waals surface area contributed by atoms with Crippen molar-refractivity contribution in [3.8, 4) is 0 Å². The van der Waals surface area contributed by atoms with Gasteiger partial charge in [0.2, 0.25) is 5.89 Å². The van der Waals surface area contributed by atoms with E-state index in [0.717, 1.165) is 12.8 Å². The zero-order valence-corrected chi connectivity index (χ0v) is 13.6. The lowest BCUT2D eigenvalue weighted by atomic mass is 10.2. The highest BCUT2D eigenvalue weighted by molar-refractivity contribution is 7.99. The Kier molecular flexibility index (Phi) is 5.22. The number of hydrogen-bond acceptors (Lipinski definition) is 6. The van der Waals surface area contributed by atoms with Gasteiger partial charge in [-0.25, -0.2) is 9.89 Å². The molecule has 0 saturated heterocycles. The first-order valence-corrected chi connectivity index (χ1v) is 8.06. The van der Waals surface area contributed by atoms with E-state index in [9.17, 15) is 4.79 Å². The van der Waals surface area contributed by atoms with Crippen LogP contribution in [0, 0.1) is 0 Å². The Hall–Kier alpha value is -1.57. The first-order valence-electron chi connectivity index (χ1n) is 7.18. The average Bonchev–Trinajstić information content (AvgIpc) is 3.05. The van der Waals surface area contributed by atoms with Crippen molar-refractivity contribution in [2.75, 3.05) is 0 Å². The summed E-state index contributed by atoms with van der Waals surface area (Å²) in [5.41, 5.74) is -0.174. The van der Waals surface area contributed by atoms with Crippen LogP contribution in [0.25, 0.3) is 0 Å². The van der Waals surface area contributed by atoms with Crippen LogP contribution < -0.4 is 5.69 Å². The fraction of sp³-hybridized carbons (Fsp3) is 0.692. The molecule has 0 fully saturated rings. The third-order valence-electron chi connectivity index (χ3n) is 3.06. The van der Waals surface area contributed by atoms with Crippen molar-refractivity contribution >= 4 is 11.8 Å². The first-order chi connectivity index (χ1) is 10.0. The number of unbranched alkanes of at least 4 members (excludes halogenated alkanes) is 1. The highest BCUT2D eigenvalue weighted by atomic mass is 32.2. The van der Waals surface area contributed by atoms with E-state index in [1.54, 1.807) is 4.57 Å². The minimum absolute atomic E-state index is 0.0550. The SMILES string of the molecule is CCCCn1c(SC(C)c2nc(C(C)C)no2)n[nH]c1=O. The highest BCUT2D eigenvalue weighted by Crippen LogP contribution is 2.32. The van der Waals surface area contributed by atoms with Gasteiger partial charge < -0.3 is 4.52 Å². The molecule has 1 N–H and O–H groups in total. The van der Waals surface area contributed by atoms with Gasteiger partial charge in [-0.2, -0.15) is 4.98 Å². The van der Waals surface area contributed by atoms with Crippen molar-refractivity contribution in [2.24, 2.45) is 0 Å². The van der Waals surface area contributed by atoms with Crippen LogP contribution in [0.3, 0.4) is 0 Å². The van der Waals surface area contributed by atoms with Gasteiger partial charge in [0, 0.05) is 12.5 Å². The quantitative estimate of drug-likeness (QED) is 0.791. The fourth-order valence-corrected chi connectivity index (χ4v) is 2.67. The van der Waals surface area contributed by atoms with Crippen LogP contribution in [0.15, 0.2) is 14.5 Å². The third-order valence-corrected chi connectivity index (χ3v) is 4.14. The molecule has 1 atom stereocenters. The third kappa shape index (κ3) is 3.75. The van der Waals surface area contributed by atoms with Crippen LogP contribution in [0.4, 0.5) is 0 Å². The van der Waals surface area contributed by atoms with Crippen LogP contribution >= 0.6 is 11.8 Å². The van der Waals surface area contributed by atoms with Crippen LogP contribution in [0.1, 0.15) is 63.4 Å². The Balaban J connectivity index is 2.11. The Morgan fingerprint density at radius 1 is 1.38 bits per heavy atom. The molecule has 2 aromatic rings. The average molecular weight is 311 g/mol. The minimum atomic E-state index is -0.174. The van der Waals surface area contributed by atoms with Gasteiger partial charge in [0.25, 0.3) is 0 Å². The zero-order chi connectivity index (χ0) is 15.4. The van der Waals surface area contributed by atoms with E-state index >= 15 is 0 Å². The van der Waals surface area contributed by atoms with E-state index < -0.39 is 0 Å². The van der Waals surface area contributed by atoms with E-state index in [-0.39, 0.29) is 16.9 Å². The number of H-pyrrole nitrogens is 1. The number of aromatic nitrogens is 5. The van der Waals surface area contributed by atoms with Crippen molar-refractivity contribution in [1.82, 2.24) is 24.9 Å². The Morgan fingerprint density at radius 2 is 2.14 bits per heavy atom. The number of nitrogens with one attached hydrogen (secondary N) is 1. The summed E-state index contributed by atoms with van der Waals surface area (Å²) in [6, 6.07) is 0. The molecule has 116 valence electrons. The van der Waals surface area contributed by atoms with Gasteiger partial charge in [0.1, 0.15) is 0 Å². The maximum atomic E-state index is 11.7. The lowest BCUT2D eigenvalue weighted by Crippen LogP contribution is -2.17. The Bertz CT molecular complexity index is 631. The maximum absolute atomic E-state index is 11.7. The Morgan fingerprint density at radius 3 is 2.76 bits per heavy atom. The van der Waals surface area contributed by atoms with Crippen LogP contribution in [-0.2, 0) is 6.54 Å². The summed E-state index contributed by atoms with van der Waals surface area (Å²) in [6.07, 6.45) is 1.97. The number of aromatic amines is 1. The predicted molar refractivity (Wildman–Crippen MR) is 80.4 cm³/mol. The molecule has 1 unspecified atom stereocenters. The molecule has 8 heteroatoms. The second-order valence-electron chi connectivity index (χ2n) is 5.22. The summed E-state index contributed by atoms with van der Waals surface area (Å²) >= 11 is 1.44. The predicted octanol–water partition coefficient (Wildman–Crippen LogP) is 2.73. The van der Waals surface area contributed by atoms with Crippen molar-refractivity contribution in [3.63, 3.8) is 0 Å². The normalized spacial score (nSPS) is 13.0. The summed E-state index contributed by atoms with van der Waals surface area (Å²) in [7, 11) is 0. The molecule has 0 spiro atoms. The van der Waals surface area contributed by atoms with Gasteiger partial charge >= 0.3 is 5.69 Å². The summed E-state index contributed by atoms with van der Waals surface area (Å²) in [5, 5.41) is 11.1. The van der Waals surface area contributed by atoms with Crippen LogP contribution in [0.5, 0.6) is 0 Å². The molecule has 7 nitrogen and oxygen atoms in total. The van der Waals surface area contributed by atoms with Crippen molar-refractivity contribution < 1.29 is 4.52 Å². The summed E-state index contributed by atoms with van der Waals surface area (Å²) < 4.78 is 6.94. The zero-order valence-electron chi connectivity index (χ0n) is 12.8. The van der Waals surface area contributed by atoms with E-state index in [4.69, 9.17) is 4.52 Å². The fourth-order valence-electron chi connectivity index (χ4n) is 1.76. The molecule has 2 aromatic heterocycles. The smallest absolute Gasteiger partial charge is 0.338 e. The van der Waals surface area contributed by atoms with Gasteiger partial charge in [-0.3, -0.25) is 4.57 Å². The summed E-state index contributed by atoms with van der Waals surface area (Å²) in [5.74, 6) is 1.48. The molecule has 21 heavy (non-hydrogen) atoms. The highest BCUT2D eigenvalue weighted by Gasteiger charge is 2.20. The topological polar surface area (TPSA) is 89.6 Å². The molecular weight excluding hydrogens is 290 g/mol. The second kappa shape index (κ2) is 6.93. The standard InChI is InChI=1S/C13H21N5O2S/c1-5-6-7-18-12(19)15-16-13(18)21-9(4)11-14-10(8(2)3)17-20-11/h8-9H,5-7H2,1-4H3,(H,15,19). The van der Waals surface area contributed by atoms with Crippen molar-refractivity contribution in [2.45, 2.75) is 63.4 Å². The molecule has 0 aliphatic carbocycles. The van der Waals surface area contributed by atoms with Gasteiger partial charge in [-0.05, 0) is 13.3 Å². The lowest BCUT2D eigenvalue weighted by Gasteiger charge is -2.07. The molecule has 2 rings (SSSR count). The molecule has 0 saturated carbocycles. The number of thioether (sulfide) groups is 1. The number of nitrogens with zero attached hydrogens (tertiary/aromatic N) is 4. The van der Waals surface area contributed by atoms with Gasteiger partial charge in [0.05, 0.1) is 5.25 Å². The molecule has 0 amide bonds. The van der Waals surface area contributed by atoms with Crippen LogP contribution in [0.2, 0.25) is 0 Å². The van der Waals surface area contributed by atoms with Gasteiger partial charge in [0.15, 0.2) is 11.0 Å². The van der Waals surface area contributed by atoms with Gasteiger partial charge in [-0.15, -0.1) is 5.10 Å².